The third-order valence-electron chi connectivity index (χ3n) is 5.69. The molecule has 0 unspecified atom stereocenters. The molecule has 2 heterocycles. The summed E-state index contributed by atoms with van der Waals surface area (Å²) in [6, 6.07) is 6.28. The molecule has 0 aromatic heterocycles. The number of piperidine rings is 1. The summed E-state index contributed by atoms with van der Waals surface area (Å²) in [5.74, 6) is 0.337. The smallest absolute Gasteiger partial charge is 0.251 e. The van der Waals surface area contributed by atoms with E-state index in [1.807, 2.05) is 0 Å². The minimum Gasteiger partial charge on any atom is -0.383 e. The zero-order chi connectivity index (χ0) is 20.0. The second-order valence-corrected chi connectivity index (χ2v) is 9.56. The fourth-order valence-corrected chi connectivity index (χ4v) is 5.35. The molecule has 0 saturated carbocycles. The van der Waals surface area contributed by atoms with Gasteiger partial charge in [0.2, 0.25) is 10.0 Å². The molecule has 2 fully saturated rings. The Morgan fingerprint density at radius 1 is 1.11 bits per heavy atom. The van der Waals surface area contributed by atoms with Crippen LogP contribution < -0.4 is 5.32 Å². The number of nitrogens with zero attached hydrogens (tertiary/aromatic N) is 2. The van der Waals surface area contributed by atoms with Crippen LogP contribution in [0.5, 0.6) is 0 Å². The summed E-state index contributed by atoms with van der Waals surface area (Å²) < 4.78 is 31.7. The van der Waals surface area contributed by atoms with Crippen molar-refractivity contribution in [3.63, 3.8) is 0 Å². The number of sulfonamides is 1. The highest BCUT2D eigenvalue weighted by molar-refractivity contribution is 7.89. The number of amides is 1. The Balaban J connectivity index is 1.47. The number of carbonyl (C=O) groups is 1. The van der Waals surface area contributed by atoms with Crippen molar-refractivity contribution >= 4 is 15.9 Å². The first-order chi connectivity index (χ1) is 13.5. The zero-order valence-electron chi connectivity index (χ0n) is 16.6. The first-order valence-corrected chi connectivity index (χ1v) is 11.5. The van der Waals surface area contributed by atoms with Crippen molar-refractivity contribution in [3.05, 3.63) is 29.8 Å². The van der Waals surface area contributed by atoms with Crippen molar-refractivity contribution in [2.45, 2.75) is 30.6 Å². The van der Waals surface area contributed by atoms with Gasteiger partial charge in [0.15, 0.2) is 0 Å². The predicted molar refractivity (Wildman–Crippen MR) is 108 cm³/mol. The van der Waals surface area contributed by atoms with E-state index in [-0.39, 0.29) is 10.8 Å². The van der Waals surface area contributed by atoms with Crippen LogP contribution in [0.25, 0.3) is 0 Å². The molecule has 28 heavy (non-hydrogen) atoms. The number of methoxy groups -OCH3 is 1. The monoisotopic (exact) mass is 409 g/mol. The second kappa shape index (κ2) is 9.82. The molecule has 3 rings (SSSR count). The lowest BCUT2D eigenvalue weighted by molar-refractivity contribution is 0.0926. The van der Waals surface area contributed by atoms with E-state index in [1.165, 1.54) is 16.4 Å². The highest BCUT2D eigenvalue weighted by atomic mass is 32.2. The Morgan fingerprint density at radius 2 is 1.75 bits per heavy atom. The molecule has 0 bridgehead atoms. The van der Waals surface area contributed by atoms with Gasteiger partial charge in [0.25, 0.3) is 5.91 Å². The second-order valence-electron chi connectivity index (χ2n) is 7.62. The van der Waals surface area contributed by atoms with Crippen LogP contribution in [-0.4, -0.2) is 76.5 Å². The van der Waals surface area contributed by atoms with Crippen molar-refractivity contribution in [1.29, 1.82) is 0 Å². The molecule has 7 nitrogen and oxygen atoms in total. The number of hydrogen-bond acceptors (Lipinski definition) is 5. The van der Waals surface area contributed by atoms with Crippen molar-refractivity contribution in [2.75, 3.05) is 53.0 Å². The van der Waals surface area contributed by atoms with E-state index in [1.54, 1.807) is 19.2 Å². The molecule has 0 atom stereocenters. The van der Waals surface area contributed by atoms with Gasteiger partial charge in [-0.15, -0.1) is 0 Å². The molecule has 2 aliphatic heterocycles. The van der Waals surface area contributed by atoms with E-state index < -0.39 is 10.0 Å². The lowest BCUT2D eigenvalue weighted by Crippen LogP contribution is -2.39. The summed E-state index contributed by atoms with van der Waals surface area (Å²) in [6.07, 6.45) is 3.95. The van der Waals surface area contributed by atoms with Gasteiger partial charge in [0.05, 0.1) is 11.5 Å². The lowest BCUT2D eigenvalue weighted by atomic mass is 9.96. The molecule has 0 radical (unpaired) electrons. The quantitative estimate of drug-likeness (QED) is 0.705. The van der Waals surface area contributed by atoms with Gasteiger partial charge < -0.3 is 15.0 Å². The Hall–Kier alpha value is -1.48. The van der Waals surface area contributed by atoms with Gasteiger partial charge in [-0.3, -0.25) is 4.79 Å². The molecule has 0 aliphatic carbocycles. The Labute approximate surface area is 168 Å². The lowest BCUT2D eigenvalue weighted by Gasteiger charge is -2.31. The van der Waals surface area contributed by atoms with E-state index in [0.717, 1.165) is 51.9 Å². The van der Waals surface area contributed by atoms with E-state index in [2.05, 4.69) is 10.2 Å². The average Bonchev–Trinajstić information content (AvgIpc) is 3.27. The molecule has 156 valence electrons. The summed E-state index contributed by atoms with van der Waals surface area (Å²) in [5.41, 5.74) is 0.498. The van der Waals surface area contributed by atoms with Crippen molar-refractivity contribution < 1.29 is 17.9 Å². The van der Waals surface area contributed by atoms with Crippen molar-refractivity contribution in [1.82, 2.24) is 14.5 Å². The van der Waals surface area contributed by atoms with Crippen LogP contribution in [0, 0.1) is 5.92 Å². The van der Waals surface area contributed by atoms with Crippen LogP contribution in [0.2, 0.25) is 0 Å². The van der Waals surface area contributed by atoms with Crippen molar-refractivity contribution in [2.24, 2.45) is 5.92 Å². The maximum Gasteiger partial charge on any atom is 0.251 e. The number of ether oxygens (including phenoxy) is 1. The molecular formula is C20H31N3O4S. The normalized spacial score (nSPS) is 19.8. The maximum absolute atomic E-state index is 12.6. The molecule has 2 saturated heterocycles. The van der Waals surface area contributed by atoms with Crippen LogP contribution in [0.3, 0.4) is 0 Å². The molecule has 8 heteroatoms. The number of carbonyl (C=O) groups excluding carboxylic acids is 1. The standard InChI is InChI=1S/C20H31N3O4S/c1-27-15-14-22-12-8-17(9-13-22)16-21-20(24)18-4-6-19(7-5-18)28(25,26)23-10-2-3-11-23/h4-7,17H,2-3,8-16H2,1H3,(H,21,24). The topological polar surface area (TPSA) is 79.0 Å². The molecule has 1 N–H and O–H groups in total. The zero-order valence-corrected chi connectivity index (χ0v) is 17.4. The summed E-state index contributed by atoms with van der Waals surface area (Å²) in [6.45, 7) is 5.60. The van der Waals surface area contributed by atoms with Gasteiger partial charge >= 0.3 is 0 Å². The van der Waals surface area contributed by atoms with Crippen molar-refractivity contribution in [3.8, 4) is 0 Å². The van der Waals surface area contributed by atoms with E-state index in [9.17, 15) is 13.2 Å². The number of nitrogens with one attached hydrogen (secondary N) is 1. The number of rotatable bonds is 8. The predicted octanol–water partition coefficient (Wildman–Crippen LogP) is 1.56. The van der Waals surface area contributed by atoms with E-state index in [4.69, 9.17) is 4.74 Å². The van der Waals surface area contributed by atoms with Crippen LogP contribution >= 0.6 is 0 Å². The number of benzene rings is 1. The van der Waals surface area contributed by atoms with E-state index in [0.29, 0.717) is 31.1 Å². The summed E-state index contributed by atoms with van der Waals surface area (Å²) in [5, 5.41) is 3.00. The molecule has 1 amide bonds. The minimum absolute atomic E-state index is 0.146. The molecule has 0 spiro atoms. The molecule has 2 aliphatic rings. The average molecular weight is 410 g/mol. The maximum atomic E-state index is 12.6. The summed E-state index contributed by atoms with van der Waals surface area (Å²) >= 11 is 0. The number of hydrogen-bond donors (Lipinski definition) is 1. The van der Waals surface area contributed by atoms with Gasteiger partial charge in [-0.25, -0.2) is 8.42 Å². The summed E-state index contributed by atoms with van der Waals surface area (Å²) in [4.78, 5) is 15.1. The van der Waals surface area contributed by atoms with Gasteiger partial charge in [-0.05, 0) is 69.0 Å². The summed E-state index contributed by atoms with van der Waals surface area (Å²) in [7, 11) is -1.72. The van der Waals surface area contributed by atoms with Gasteiger partial charge in [-0.1, -0.05) is 0 Å². The molecule has 1 aromatic carbocycles. The SMILES string of the molecule is COCCN1CCC(CNC(=O)c2ccc(S(=O)(=O)N3CCCC3)cc2)CC1. The van der Waals surface area contributed by atoms with Crippen LogP contribution in [0.4, 0.5) is 0 Å². The third-order valence-corrected chi connectivity index (χ3v) is 7.60. The minimum atomic E-state index is -3.43. The fraction of sp³-hybridized carbons (Fsp3) is 0.650. The third kappa shape index (κ3) is 5.31. The fourth-order valence-electron chi connectivity index (χ4n) is 3.83. The first kappa shape index (κ1) is 21.2. The Kier molecular flexibility index (Phi) is 7.45. The highest BCUT2D eigenvalue weighted by Gasteiger charge is 2.27. The Bertz CT molecular complexity index is 737. The van der Waals surface area contributed by atoms with Crippen LogP contribution in [-0.2, 0) is 14.8 Å². The van der Waals surface area contributed by atoms with Gasteiger partial charge in [-0.2, -0.15) is 4.31 Å². The molecular weight excluding hydrogens is 378 g/mol. The largest absolute Gasteiger partial charge is 0.383 e. The number of likely N-dealkylation sites (tertiary alicyclic amines) is 1. The van der Waals surface area contributed by atoms with Crippen LogP contribution in [0.1, 0.15) is 36.0 Å². The van der Waals surface area contributed by atoms with Crippen LogP contribution in [0.15, 0.2) is 29.2 Å². The van der Waals surface area contributed by atoms with Gasteiger partial charge in [0.1, 0.15) is 0 Å². The van der Waals surface area contributed by atoms with Gasteiger partial charge in [0, 0.05) is 38.9 Å². The Morgan fingerprint density at radius 3 is 2.36 bits per heavy atom. The molecule has 1 aromatic rings. The van der Waals surface area contributed by atoms with E-state index >= 15 is 0 Å². The highest BCUT2D eigenvalue weighted by Crippen LogP contribution is 2.21. The first-order valence-electron chi connectivity index (χ1n) is 10.1.